The number of benzene rings is 1. The molecular weight excluding hydrogens is 210 g/mol. The molecule has 0 amide bonds. The van der Waals surface area contributed by atoms with Gasteiger partial charge in [0.05, 0.1) is 11.9 Å². The fraction of sp³-hybridized carbons (Fsp3) is 0.357. The van der Waals surface area contributed by atoms with E-state index in [4.69, 9.17) is 5.73 Å². The Kier molecular flexibility index (Phi) is 2.69. The molecule has 1 aromatic heterocycles. The highest BCUT2D eigenvalue weighted by Gasteiger charge is 2.18. The number of fused-ring (bicyclic) bond motifs is 1. The fourth-order valence-electron chi connectivity index (χ4n) is 2.58. The van der Waals surface area contributed by atoms with E-state index in [0.717, 1.165) is 19.5 Å². The summed E-state index contributed by atoms with van der Waals surface area (Å²) in [6.45, 7) is 2.03. The van der Waals surface area contributed by atoms with E-state index in [-0.39, 0.29) is 0 Å². The lowest BCUT2D eigenvalue weighted by Gasteiger charge is -2.33. The number of anilines is 1. The molecule has 3 heteroatoms. The summed E-state index contributed by atoms with van der Waals surface area (Å²) in [7, 11) is 0. The van der Waals surface area contributed by atoms with Crippen LogP contribution in [0.2, 0.25) is 0 Å². The summed E-state index contributed by atoms with van der Waals surface area (Å²) in [5.41, 5.74) is 7.27. The molecule has 2 N–H and O–H groups in total. The maximum absolute atomic E-state index is 6.04. The number of piperidine rings is 1. The van der Waals surface area contributed by atoms with Gasteiger partial charge in [0.1, 0.15) is 0 Å². The van der Waals surface area contributed by atoms with Gasteiger partial charge in [-0.05, 0) is 12.8 Å². The molecule has 0 saturated carbocycles. The first-order valence-electron chi connectivity index (χ1n) is 6.18. The average molecular weight is 227 g/mol. The van der Waals surface area contributed by atoms with Crippen molar-refractivity contribution in [2.24, 2.45) is 5.73 Å². The van der Waals surface area contributed by atoms with Gasteiger partial charge >= 0.3 is 0 Å². The van der Waals surface area contributed by atoms with Crippen LogP contribution in [-0.2, 0) is 0 Å². The largest absolute Gasteiger partial charge is 0.368 e. The highest BCUT2D eigenvalue weighted by Crippen LogP contribution is 2.27. The van der Waals surface area contributed by atoms with Gasteiger partial charge in [0.2, 0.25) is 0 Å². The van der Waals surface area contributed by atoms with Crippen molar-refractivity contribution in [3.63, 3.8) is 0 Å². The van der Waals surface area contributed by atoms with E-state index in [1.807, 2.05) is 12.4 Å². The number of nitrogens with two attached hydrogens (primary N) is 1. The smallest absolute Gasteiger partial charge is 0.0632 e. The molecule has 88 valence electrons. The molecule has 3 rings (SSSR count). The molecular formula is C14H17N3. The average Bonchev–Trinajstić information content (AvgIpc) is 2.38. The topological polar surface area (TPSA) is 42.1 Å². The minimum atomic E-state index is 0.294. The molecule has 2 heterocycles. The second kappa shape index (κ2) is 4.34. The van der Waals surface area contributed by atoms with Crippen LogP contribution in [-0.4, -0.2) is 24.1 Å². The molecule has 2 aromatic rings. The molecule has 0 aliphatic carbocycles. The van der Waals surface area contributed by atoms with Crippen LogP contribution in [0.25, 0.3) is 10.8 Å². The number of aromatic nitrogens is 1. The molecule has 1 aromatic carbocycles. The summed E-state index contributed by atoms with van der Waals surface area (Å²) in [5.74, 6) is 0. The molecule has 3 nitrogen and oxygen atoms in total. The van der Waals surface area contributed by atoms with Crippen LogP contribution < -0.4 is 10.6 Å². The minimum Gasteiger partial charge on any atom is -0.368 e. The Morgan fingerprint density at radius 2 is 2.12 bits per heavy atom. The van der Waals surface area contributed by atoms with Crippen LogP contribution in [0, 0.1) is 0 Å². The van der Waals surface area contributed by atoms with Crippen LogP contribution in [0.4, 0.5) is 5.69 Å². The van der Waals surface area contributed by atoms with Gasteiger partial charge < -0.3 is 10.6 Å². The summed E-state index contributed by atoms with van der Waals surface area (Å²) >= 11 is 0. The first kappa shape index (κ1) is 10.5. The van der Waals surface area contributed by atoms with Crippen molar-refractivity contribution in [2.45, 2.75) is 18.9 Å². The number of nitrogens with zero attached hydrogens (tertiary/aromatic N) is 2. The lowest BCUT2D eigenvalue weighted by atomic mass is 10.0. The molecule has 1 fully saturated rings. The molecule has 0 radical (unpaired) electrons. The normalized spacial score (nSPS) is 20.8. The lowest BCUT2D eigenvalue weighted by Crippen LogP contribution is -2.42. The Bertz CT molecular complexity index is 518. The second-order valence-corrected chi connectivity index (χ2v) is 4.73. The van der Waals surface area contributed by atoms with Crippen molar-refractivity contribution in [2.75, 3.05) is 18.0 Å². The van der Waals surface area contributed by atoms with Crippen LogP contribution >= 0.6 is 0 Å². The summed E-state index contributed by atoms with van der Waals surface area (Å²) in [4.78, 5) is 6.70. The van der Waals surface area contributed by atoms with Gasteiger partial charge in [-0.15, -0.1) is 0 Å². The molecule has 0 bridgehead atoms. The Balaban J connectivity index is 2.04. The van der Waals surface area contributed by atoms with E-state index in [1.165, 1.54) is 22.9 Å². The predicted molar refractivity (Wildman–Crippen MR) is 71.2 cm³/mol. The number of rotatable bonds is 1. The zero-order valence-corrected chi connectivity index (χ0v) is 9.84. The first-order valence-corrected chi connectivity index (χ1v) is 6.18. The fourth-order valence-corrected chi connectivity index (χ4v) is 2.58. The van der Waals surface area contributed by atoms with Crippen molar-refractivity contribution >= 4 is 16.5 Å². The summed E-state index contributed by atoms with van der Waals surface area (Å²) in [6.07, 6.45) is 6.18. The first-order chi connectivity index (χ1) is 8.34. The van der Waals surface area contributed by atoms with E-state index < -0.39 is 0 Å². The molecule has 1 saturated heterocycles. The van der Waals surface area contributed by atoms with Crippen molar-refractivity contribution in [1.29, 1.82) is 0 Å². The molecule has 1 atom stereocenters. The monoisotopic (exact) mass is 227 g/mol. The van der Waals surface area contributed by atoms with Gasteiger partial charge in [-0.2, -0.15) is 0 Å². The van der Waals surface area contributed by atoms with Crippen molar-refractivity contribution in [3.05, 3.63) is 36.7 Å². The van der Waals surface area contributed by atoms with Crippen LogP contribution in [0.3, 0.4) is 0 Å². The van der Waals surface area contributed by atoms with Crippen molar-refractivity contribution in [3.8, 4) is 0 Å². The zero-order valence-electron chi connectivity index (χ0n) is 9.84. The molecule has 1 aliphatic rings. The van der Waals surface area contributed by atoms with Crippen LogP contribution in [0.15, 0.2) is 36.7 Å². The maximum atomic E-state index is 6.04. The van der Waals surface area contributed by atoms with Gasteiger partial charge in [-0.25, -0.2) is 0 Å². The van der Waals surface area contributed by atoms with E-state index in [2.05, 4.69) is 34.1 Å². The highest BCUT2D eigenvalue weighted by atomic mass is 15.2. The van der Waals surface area contributed by atoms with E-state index in [1.54, 1.807) is 0 Å². The molecule has 1 aliphatic heterocycles. The number of hydrogen-bond acceptors (Lipinski definition) is 3. The maximum Gasteiger partial charge on any atom is 0.0632 e. The number of hydrogen-bond donors (Lipinski definition) is 1. The third-order valence-corrected chi connectivity index (χ3v) is 3.45. The quantitative estimate of drug-likeness (QED) is 0.811. The van der Waals surface area contributed by atoms with Gasteiger partial charge in [-0.3, -0.25) is 4.98 Å². The van der Waals surface area contributed by atoms with Gasteiger partial charge in [0.15, 0.2) is 0 Å². The third-order valence-electron chi connectivity index (χ3n) is 3.45. The SMILES string of the molecule is NC1CCCN(c2cncc3ccccc23)C1. The Labute approximate surface area is 101 Å². The summed E-state index contributed by atoms with van der Waals surface area (Å²) in [6, 6.07) is 8.69. The van der Waals surface area contributed by atoms with Crippen LogP contribution in [0.5, 0.6) is 0 Å². The third kappa shape index (κ3) is 1.98. The van der Waals surface area contributed by atoms with E-state index in [0.29, 0.717) is 6.04 Å². The Morgan fingerprint density at radius 3 is 3.00 bits per heavy atom. The van der Waals surface area contributed by atoms with Crippen LogP contribution in [0.1, 0.15) is 12.8 Å². The molecule has 17 heavy (non-hydrogen) atoms. The highest BCUT2D eigenvalue weighted by molar-refractivity contribution is 5.93. The predicted octanol–water partition coefficient (Wildman–Crippen LogP) is 2.16. The van der Waals surface area contributed by atoms with Gasteiger partial charge in [-0.1, -0.05) is 24.3 Å². The zero-order chi connectivity index (χ0) is 11.7. The van der Waals surface area contributed by atoms with E-state index >= 15 is 0 Å². The summed E-state index contributed by atoms with van der Waals surface area (Å²) < 4.78 is 0. The van der Waals surface area contributed by atoms with Crippen molar-refractivity contribution < 1.29 is 0 Å². The van der Waals surface area contributed by atoms with E-state index in [9.17, 15) is 0 Å². The minimum absolute atomic E-state index is 0.294. The molecule has 0 spiro atoms. The van der Waals surface area contributed by atoms with Gasteiger partial charge in [0, 0.05) is 36.1 Å². The Hall–Kier alpha value is -1.61. The second-order valence-electron chi connectivity index (χ2n) is 4.73. The van der Waals surface area contributed by atoms with Gasteiger partial charge in [0.25, 0.3) is 0 Å². The number of pyridine rings is 1. The standard InChI is InChI=1S/C14H17N3/c15-12-5-3-7-17(10-12)14-9-16-8-11-4-1-2-6-13(11)14/h1-2,4,6,8-9,12H,3,5,7,10,15H2. The summed E-state index contributed by atoms with van der Waals surface area (Å²) in [5, 5.41) is 2.47. The Morgan fingerprint density at radius 1 is 1.24 bits per heavy atom. The molecule has 1 unspecified atom stereocenters. The van der Waals surface area contributed by atoms with Crippen molar-refractivity contribution in [1.82, 2.24) is 4.98 Å². The lowest BCUT2D eigenvalue weighted by molar-refractivity contribution is 0.506.